The van der Waals surface area contributed by atoms with Crippen molar-refractivity contribution in [1.82, 2.24) is 0 Å². The summed E-state index contributed by atoms with van der Waals surface area (Å²) in [5, 5.41) is 50.1. The molecule has 1 saturated heterocycles. The molecule has 3 rings (SSSR count). The van der Waals surface area contributed by atoms with Gasteiger partial charge in [-0.2, -0.15) is 0 Å². The van der Waals surface area contributed by atoms with Crippen molar-refractivity contribution in [3.8, 4) is 16.9 Å². The van der Waals surface area contributed by atoms with Crippen LogP contribution < -0.4 is 39.4 Å². The number of halogens is 1. The average Bonchev–Trinajstić information content (AvgIpc) is 2.70. The Kier molecular flexibility index (Phi) is 8.48. The van der Waals surface area contributed by atoms with E-state index in [0.717, 1.165) is 0 Å². The third-order valence-electron chi connectivity index (χ3n) is 4.48. The Hall–Kier alpha value is -1.20. The zero-order chi connectivity index (χ0) is 20.4. The van der Waals surface area contributed by atoms with Crippen LogP contribution in [0.15, 0.2) is 42.5 Å². The Balaban J connectivity index is 0.00000300. The topological polar surface area (TPSA) is 140 Å². The maximum atomic E-state index is 10.9. The van der Waals surface area contributed by atoms with E-state index in [9.17, 15) is 30.3 Å². The predicted octanol–water partition coefficient (Wildman–Crippen LogP) is -3.45. The third-order valence-corrected chi connectivity index (χ3v) is 4.79. The van der Waals surface area contributed by atoms with Crippen LogP contribution in [0.25, 0.3) is 11.1 Å². The summed E-state index contributed by atoms with van der Waals surface area (Å²) >= 11 is 6.14. The number of aliphatic hydroxyl groups is 4. The number of hydrogen-bond donors (Lipinski definition) is 4. The van der Waals surface area contributed by atoms with E-state index < -0.39 is 43.3 Å². The van der Waals surface area contributed by atoms with E-state index in [0.29, 0.717) is 11.1 Å². The van der Waals surface area contributed by atoms with Gasteiger partial charge < -0.3 is 39.8 Å². The van der Waals surface area contributed by atoms with Gasteiger partial charge in [0.15, 0.2) is 0 Å². The first-order chi connectivity index (χ1) is 13.3. The van der Waals surface area contributed by atoms with E-state index >= 15 is 0 Å². The monoisotopic (exact) mass is 432 g/mol. The molecular formula is C19H18ClNaO8. The molecule has 1 heterocycles. The van der Waals surface area contributed by atoms with Gasteiger partial charge in [-0.1, -0.05) is 41.9 Å². The second-order valence-electron chi connectivity index (χ2n) is 6.33. The van der Waals surface area contributed by atoms with Crippen LogP contribution in [-0.2, 0) is 4.74 Å². The first kappa shape index (κ1) is 24.1. The van der Waals surface area contributed by atoms with Crippen LogP contribution in [0, 0.1) is 0 Å². The smallest absolute Gasteiger partial charge is 0.545 e. The van der Waals surface area contributed by atoms with E-state index in [4.69, 9.17) is 21.1 Å². The molecule has 150 valence electrons. The number of carbonyl (C=O) groups excluding carboxylic acids is 1. The van der Waals surface area contributed by atoms with Crippen LogP contribution in [0.5, 0.6) is 5.75 Å². The molecule has 10 heteroatoms. The average molecular weight is 433 g/mol. The van der Waals surface area contributed by atoms with Crippen molar-refractivity contribution in [3.05, 3.63) is 53.1 Å². The molecule has 0 aromatic heterocycles. The largest absolute Gasteiger partial charge is 1.00 e. The van der Waals surface area contributed by atoms with Crippen molar-refractivity contribution in [3.63, 3.8) is 0 Å². The molecule has 1 aliphatic heterocycles. The SMILES string of the molecule is O=C([O-])c1ccc(-c2ccc(Cl)c(O[C@H]3O[C@H](CO)[C@@H](O)[C@H](O)[C@@H]3O)c2)cc1.[Na+]. The molecule has 8 nitrogen and oxygen atoms in total. The van der Waals surface area contributed by atoms with Crippen LogP contribution >= 0.6 is 11.6 Å². The number of ether oxygens (including phenoxy) is 2. The molecule has 0 radical (unpaired) electrons. The van der Waals surface area contributed by atoms with Gasteiger partial charge in [0.05, 0.1) is 17.6 Å². The fourth-order valence-corrected chi connectivity index (χ4v) is 3.02. The number of benzene rings is 2. The van der Waals surface area contributed by atoms with Gasteiger partial charge in [0.1, 0.15) is 30.2 Å². The molecule has 0 spiro atoms. The second kappa shape index (κ2) is 10.2. The number of hydrogen-bond acceptors (Lipinski definition) is 8. The molecule has 29 heavy (non-hydrogen) atoms. The Bertz CT molecular complexity index is 845. The molecule has 5 atom stereocenters. The first-order valence-corrected chi connectivity index (χ1v) is 8.78. The number of carboxylic acid groups (broad SMARTS) is 1. The van der Waals surface area contributed by atoms with E-state index in [1.165, 1.54) is 12.1 Å². The quantitative estimate of drug-likeness (QED) is 0.358. The van der Waals surface area contributed by atoms with E-state index in [1.54, 1.807) is 30.3 Å². The number of rotatable bonds is 5. The Morgan fingerprint density at radius 3 is 2.24 bits per heavy atom. The summed E-state index contributed by atoms with van der Waals surface area (Å²) < 4.78 is 10.9. The third kappa shape index (κ3) is 5.29. The van der Waals surface area contributed by atoms with Crippen LogP contribution in [0.2, 0.25) is 5.02 Å². The van der Waals surface area contributed by atoms with Crippen molar-refractivity contribution in [2.75, 3.05) is 6.61 Å². The fraction of sp³-hybridized carbons (Fsp3) is 0.316. The van der Waals surface area contributed by atoms with Crippen molar-refractivity contribution < 1.29 is 69.4 Å². The van der Waals surface area contributed by atoms with Gasteiger partial charge in [-0.15, -0.1) is 0 Å². The van der Waals surface area contributed by atoms with Crippen LogP contribution in [-0.4, -0.2) is 63.7 Å². The van der Waals surface area contributed by atoms with Gasteiger partial charge >= 0.3 is 29.6 Å². The van der Waals surface area contributed by atoms with Crippen molar-refractivity contribution in [2.24, 2.45) is 0 Å². The van der Waals surface area contributed by atoms with Gasteiger partial charge in [-0.3, -0.25) is 0 Å². The summed E-state index contributed by atoms with van der Waals surface area (Å²) in [4.78, 5) is 10.9. The van der Waals surface area contributed by atoms with Crippen molar-refractivity contribution in [1.29, 1.82) is 0 Å². The molecule has 0 bridgehead atoms. The molecule has 0 aliphatic carbocycles. The molecule has 2 aromatic rings. The van der Waals surface area contributed by atoms with Crippen molar-refractivity contribution >= 4 is 17.6 Å². The zero-order valence-electron chi connectivity index (χ0n) is 15.4. The van der Waals surface area contributed by atoms with Gasteiger partial charge in [-0.05, 0) is 28.8 Å². The molecule has 1 aliphatic rings. The molecule has 0 unspecified atom stereocenters. The van der Waals surface area contributed by atoms with Crippen LogP contribution in [0.3, 0.4) is 0 Å². The summed E-state index contributed by atoms with van der Waals surface area (Å²) in [5.41, 5.74) is 1.37. The Morgan fingerprint density at radius 2 is 1.66 bits per heavy atom. The minimum Gasteiger partial charge on any atom is -0.545 e. The van der Waals surface area contributed by atoms with Gasteiger partial charge in [-0.25, -0.2) is 0 Å². The standard InChI is InChI=1S/C19H19ClO8.Na/c20-12-6-5-11(9-1-3-10(4-2-9)18(25)26)7-13(12)27-19-17(24)16(23)15(22)14(8-21)28-19;/h1-7,14-17,19,21-24H,8H2,(H,25,26);/q;+1/p-1/t14-,15-,16+,17+,19+;/m1./s1. The maximum absolute atomic E-state index is 10.9. The fourth-order valence-electron chi connectivity index (χ4n) is 2.86. The summed E-state index contributed by atoms with van der Waals surface area (Å²) in [6, 6.07) is 10.8. The Morgan fingerprint density at radius 1 is 1.03 bits per heavy atom. The van der Waals surface area contributed by atoms with Gasteiger partial charge in [0.25, 0.3) is 0 Å². The summed E-state index contributed by atoms with van der Waals surface area (Å²) in [6.45, 7) is -0.580. The van der Waals surface area contributed by atoms with E-state index in [-0.39, 0.29) is 45.9 Å². The molecule has 1 fully saturated rings. The summed E-state index contributed by atoms with van der Waals surface area (Å²) in [6.07, 6.45) is -7.12. The van der Waals surface area contributed by atoms with Crippen molar-refractivity contribution in [2.45, 2.75) is 30.7 Å². The molecular weight excluding hydrogens is 415 g/mol. The Labute approximate surface area is 193 Å². The number of aliphatic hydroxyl groups excluding tert-OH is 4. The molecule has 2 aromatic carbocycles. The predicted molar refractivity (Wildman–Crippen MR) is 95.6 cm³/mol. The summed E-state index contributed by atoms with van der Waals surface area (Å²) in [5.74, 6) is -1.15. The minimum absolute atomic E-state index is 0. The zero-order valence-corrected chi connectivity index (χ0v) is 18.2. The molecule has 0 amide bonds. The molecule has 4 N–H and O–H groups in total. The first-order valence-electron chi connectivity index (χ1n) is 8.40. The number of carboxylic acids is 1. The molecule has 0 saturated carbocycles. The second-order valence-corrected chi connectivity index (χ2v) is 6.73. The maximum Gasteiger partial charge on any atom is 1.00 e. The minimum atomic E-state index is -1.57. The number of aromatic carboxylic acids is 1. The van der Waals surface area contributed by atoms with E-state index in [2.05, 4.69) is 0 Å². The van der Waals surface area contributed by atoms with Gasteiger partial charge in [0.2, 0.25) is 6.29 Å². The summed E-state index contributed by atoms with van der Waals surface area (Å²) in [7, 11) is 0. The van der Waals surface area contributed by atoms with E-state index in [1.807, 2.05) is 0 Å². The van der Waals surface area contributed by atoms with Gasteiger partial charge in [0, 0.05) is 0 Å². The van der Waals surface area contributed by atoms with Crippen LogP contribution in [0.1, 0.15) is 10.4 Å². The normalized spacial score (nSPS) is 26.4. The number of carbonyl (C=O) groups is 1. The van der Waals surface area contributed by atoms with Crippen LogP contribution in [0.4, 0.5) is 0 Å².